The molecule has 3 heteroatoms. The van der Waals surface area contributed by atoms with E-state index in [2.05, 4.69) is 37.2 Å². The number of thioether (sulfide) groups is 1. The minimum atomic E-state index is 0.621. The van der Waals surface area contributed by atoms with Gasteiger partial charge in [-0.2, -0.15) is 11.8 Å². The van der Waals surface area contributed by atoms with Crippen LogP contribution in [0.4, 0.5) is 0 Å². The first-order valence-electron chi connectivity index (χ1n) is 6.16. The molecule has 0 aromatic heterocycles. The first-order valence-corrected chi connectivity index (χ1v) is 7.55. The van der Waals surface area contributed by atoms with E-state index in [0.29, 0.717) is 6.04 Å². The van der Waals surface area contributed by atoms with Crippen LogP contribution in [0.1, 0.15) is 33.6 Å². The maximum atomic E-state index is 3.64. The zero-order valence-corrected chi connectivity index (χ0v) is 11.4. The molecule has 2 nitrogen and oxygen atoms in total. The fourth-order valence-corrected chi connectivity index (χ4v) is 3.23. The van der Waals surface area contributed by atoms with E-state index in [-0.39, 0.29) is 0 Å². The van der Waals surface area contributed by atoms with Gasteiger partial charge in [0, 0.05) is 37.0 Å². The van der Waals surface area contributed by atoms with Crippen LogP contribution in [0, 0.1) is 0 Å². The predicted octanol–water partition coefficient (Wildman–Crippen LogP) is 2.20. The van der Waals surface area contributed by atoms with Crippen LogP contribution in [0.15, 0.2) is 0 Å². The molecule has 0 spiro atoms. The van der Waals surface area contributed by atoms with Crippen molar-refractivity contribution in [3.05, 3.63) is 0 Å². The van der Waals surface area contributed by atoms with Gasteiger partial charge in [-0.3, -0.25) is 4.90 Å². The zero-order valence-electron chi connectivity index (χ0n) is 10.6. The third-order valence-corrected chi connectivity index (χ3v) is 3.85. The summed E-state index contributed by atoms with van der Waals surface area (Å²) in [7, 11) is 0. The fourth-order valence-electron chi connectivity index (χ4n) is 2.40. The molecule has 0 bridgehead atoms. The Balaban J connectivity index is 2.33. The van der Waals surface area contributed by atoms with Crippen molar-refractivity contribution in [1.29, 1.82) is 0 Å². The second-order valence-corrected chi connectivity index (χ2v) is 5.73. The molecule has 0 aliphatic carbocycles. The van der Waals surface area contributed by atoms with Crippen molar-refractivity contribution in [2.75, 3.05) is 25.1 Å². The molecule has 1 N–H and O–H groups in total. The van der Waals surface area contributed by atoms with E-state index < -0.39 is 0 Å². The summed E-state index contributed by atoms with van der Waals surface area (Å²) < 4.78 is 0. The summed E-state index contributed by atoms with van der Waals surface area (Å²) in [6, 6.07) is 2.13. The highest BCUT2D eigenvalue weighted by Crippen LogP contribution is 2.17. The van der Waals surface area contributed by atoms with E-state index in [1.165, 1.54) is 31.7 Å². The summed E-state index contributed by atoms with van der Waals surface area (Å²) in [5.74, 6) is 1.28. The Morgan fingerprint density at radius 1 is 1.47 bits per heavy atom. The van der Waals surface area contributed by atoms with Gasteiger partial charge < -0.3 is 5.32 Å². The Morgan fingerprint density at radius 2 is 2.20 bits per heavy atom. The van der Waals surface area contributed by atoms with Crippen molar-refractivity contribution in [1.82, 2.24) is 10.2 Å². The molecule has 15 heavy (non-hydrogen) atoms. The molecule has 1 rings (SSSR count). The molecule has 1 aliphatic heterocycles. The molecule has 90 valence electrons. The van der Waals surface area contributed by atoms with Crippen LogP contribution in [0.3, 0.4) is 0 Å². The quantitative estimate of drug-likeness (QED) is 0.753. The minimum absolute atomic E-state index is 0.621. The van der Waals surface area contributed by atoms with E-state index in [1.54, 1.807) is 0 Å². The lowest BCUT2D eigenvalue weighted by molar-refractivity contribution is 0.249. The molecule has 0 saturated carbocycles. The van der Waals surface area contributed by atoms with Gasteiger partial charge in [-0.05, 0) is 19.1 Å². The van der Waals surface area contributed by atoms with Gasteiger partial charge in [0.1, 0.15) is 0 Å². The highest BCUT2D eigenvalue weighted by Gasteiger charge is 2.26. The average molecular weight is 230 g/mol. The molecule has 0 aromatic rings. The lowest BCUT2D eigenvalue weighted by Gasteiger charge is -2.26. The molecule has 0 aromatic carbocycles. The summed E-state index contributed by atoms with van der Waals surface area (Å²) in [5.41, 5.74) is 0. The molecular weight excluding hydrogens is 204 g/mol. The maximum absolute atomic E-state index is 3.64. The van der Waals surface area contributed by atoms with Crippen LogP contribution in [0.2, 0.25) is 0 Å². The van der Waals surface area contributed by atoms with Crippen LogP contribution in [0.25, 0.3) is 0 Å². The van der Waals surface area contributed by atoms with Gasteiger partial charge in [-0.15, -0.1) is 0 Å². The molecule has 1 fully saturated rings. The first kappa shape index (κ1) is 13.3. The minimum Gasteiger partial charge on any atom is -0.310 e. The summed E-state index contributed by atoms with van der Waals surface area (Å²) in [6.45, 7) is 9.31. The average Bonchev–Trinajstić information content (AvgIpc) is 2.61. The molecule has 1 heterocycles. The predicted molar refractivity (Wildman–Crippen MR) is 70.7 cm³/mol. The highest BCUT2D eigenvalue weighted by atomic mass is 32.2. The Bertz CT molecular complexity index is 173. The summed E-state index contributed by atoms with van der Waals surface area (Å²) >= 11 is 1.97. The molecule has 0 amide bonds. The molecule has 1 aliphatic rings. The van der Waals surface area contributed by atoms with E-state index in [1.807, 2.05) is 11.8 Å². The lowest BCUT2D eigenvalue weighted by atomic mass is 10.2. The maximum Gasteiger partial charge on any atom is 0.0209 e. The number of nitrogens with one attached hydrogen (secondary N) is 1. The van der Waals surface area contributed by atoms with Gasteiger partial charge in [0.25, 0.3) is 0 Å². The third kappa shape index (κ3) is 4.33. The standard InChI is InChI=1S/C12H26N2S/c1-5-12(9-15-4)14-7-6-11(8-14)13-10(2)3/h10-13H,5-9H2,1-4H3. The van der Waals surface area contributed by atoms with Crippen molar-refractivity contribution in [2.24, 2.45) is 0 Å². The Kier molecular flexibility index (Phi) is 6.02. The van der Waals surface area contributed by atoms with E-state index >= 15 is 0 Å². The second-order valence-electron chi connectivity index (χ2n) is 4.82. The van der Waals surface area contributed by atoms with Crippen LogP contribution in [-0.2, 0) is 0 Å². The molecule has 2 atom stereocenters. The normalized spacial score (nSPS) is 25.0. The van der Waals surface area contributed by atoms with Crippen molar-refractivity contribution < 1.29 is 0 Å². The Morgan fingerprint density at radius 3 is 2.73 bits per heavy atom. The number of hydrogen-bond donors (Lipinski definition) is 1. The second kappa shape index (κ2) is 6.77. The SMILES string of the molecule is CCC(CSC)N1CCC(NC(C)C)C1. The summed E-state index contributed by atoms with van der Waals surface area (Å²) in [5, 5.41) is 3.64. The fraction of sp³-hybridized carbons (Fsp3) is 1.00. The lowest BCUT2D eigenvalue weighted by Crippen LogP contribution is -2.40. The highest BCUT2D eigenvalue weighted by molar-refractivity contribution is 7.98. The molecule has 0 radical (unpaired) electrons. The number of nitrogens with zero attached hydrogens (tertiary/aromatic N) is 1. The van der Waals surface area contributed by atoms with Crippen LogP contribution >= 0.6 is 11.8 Å². The van der Waals surface area contributed by atoms with Crippen molar-refractivity contribution >= 4 is 11.8 Å². The van der Waals surface area contributed by atoms with Crippen molar-refractivity contribution in [2.45, 2.75) is 51.7 Å². The van der Waals surface area contributed by atoms with Gasteiger partial charge in [0.05, 0.1) is 0 Å². The zero-order chi connectivity index (χ0) is 11.3. The molecular formula is C12H26N2S. The summed E-state index contributed by atoms with van der Waals surface area (Å²) in [4.78, 5) is 2.66. The van der Waals surface area contributed by atoms with E-state index in [9.17, 15) is 0 Å². The molecule has 2 unspecified atom stereocenters. The topological polar surface area (TPSA) is 15.3 Å². The third-order valence-electron chi connectivity index (χ3n) is 3.14. The molecule has 1 saturated heterocycles. The Hall–Kier alpha value is 0.270. The first-order chi connectivity index (χ1) is 7.17. The van der Waals surface area contributed by atoms with E-state index in [4.69, 9.17) is 0 Å². The van der Waals surface area contributed by atoms with Crippen molar-refractivity contribution in [3.8, 4) is 0 Å². The Labute approximate surface area is 99.2 Å². The number of likely N-dealkylation sites (tertiary alicyclic amines) is 1. The number of rotatable bonds is 6. The number of hydrogen-bond acceptors (Lipinski definition) is 3. The van der Waals surface area contributed by atoms with Gasteiger partial charge in [0.15, 0.2) is 0 Å². The van der Waals surface area contributed by atoms with Crippen molar-refractivity contribution in [3.63, 3.8) is 0 Å². The van der Waals surface area contributed by atoms with Gasteiger partial charge in [-0.25, -0.2) is 0 Å². The largest absolute Gasteiger partial charge is 0.310 e. The van der Waals surface area contributed by atoms with Gasteiger partial charge in [0.2, 0.25) is 0 Å². The van der Waals surface area contributed by atoms with Crippen LogP contribution in [-0.4, -0.2) is 48.1 Å². The van der Waals surface area contributed by atoms with E-state index in [0.717, 1.165) is 12.1 Å². The van der Waals surface area contributed by atoms with Gasteiger partial charge in [-0.1, -0.05) is 20.8 Å². The van der Waals surface area contributed by atoms with Crippen LogP contribution in [0.5, 0.6) is 0 Å². The smallest absolute Gasteiger partial charge is 0.0209 e. The monoisotopic (exact) mass is 230 g/mol. The van der Waals surface area contributed by atoms with Gasteiger partial charge >= 0.3 is 0 Å². The summed E-state index contributed by atoms with van der Waals surface area (Å²) in [6.07, 6.45) is 4.82. The van der Waals surface area contributed by atoms with Crippen LogP contribution < -0.4 is 5.32 Å².